The molecule has 5 heteroatoms. The zero-order valence-corrected chi connectivity index (χ0v) is 12.5. The van der Waals surface area contributed by atoms with Gasteiger partial charge in [-0.05, 0) is 31.0 Å². The Bertz CT molecular complexity index is 546. The summed E-state index contributed by atoms with van der Waals surface area (Å²) in [6, 6.07) is 7.60. The van der Waals surface area contributed by atoms with Crippen LogP contribution in [0.25, 0.3) is 0 Å². The van der Waals surface area contributed by atoms with E-state index < -0.39 is 0 Å². The fourth-order valence-corrected chi connectivity index (χ4v) is 2.45. The standard InChI is InChI=1S/C14H17Cl2N3/c1-3-13(17)14(10-5-4-6-11(15)7-10)19-8-12(16)9(2)18-19/h4-8,13-14H,3,17H2,1-2H3. The highest BCUT2D eigenvalue weighted by Crippen LogP contribution is 2.26. The van der Waals surface area contributed by atoms with Crippen molar-refractivity contribution in [1.82, 2.24) is 9.78 Å². The number of benzene rings is 1. The quantitative estimate of drug-likeness (QED) is 0.932. The molecule has 1 aromatic heterocycles. The van der Waals surface area contributed by atoms with Crippen molar-refractivity contribution < 1.29 is 0 Å². The normalized spacial score (nSPS) is 14.4. The Labute approximate surface area is 123 Å². The van der Waals surface area contributed by atoms with E-state index in [1.165, 1.54) is 0 Å². The van der Waals surface area contributed by atoms with Crippen LogP contribution in [0.1, 0.15) is 30.6 Å². The van der Waals surface area contributed by atoms with Crippen LogP contribution in [0, 0.1) is 6.92 Å². The van der Waals surface area contributed by atoms with Crippen molar-refractivity contribution in [3.63, 3.8) is 0 Å². The number of rotatable bonds is 4. The number of aromatic nitrogens is 2. The van der Waals surface area contributed by atoms with Crippen molar-refractivity contribution in [3.05, 3.63) is 51.8 Å². The van der Waals surface area contributed by atoms with E-state index in [9.17, 15) is 0 Å². The minimum absolute atomic E-state index is 0.0474. The lowest BCUT2D eigenvalue weighted by Gasteiger charge is -2.24. The van der Waals surface area contributed by atoms with Crippen LogP contribution >= 0.6 is 23.2 Å². The second kappa shape index (κ2) is 5.95. The lowest BCUT2D eigenvalue weighted by atomic mass is 9.98. The van der Waals surface area contributed by atoms with Crippen LogP contribution in [-0.2, 0) is 0 Å². The van der Waals surface area contributed by atoms with Crippen LogP contribution in [0.4, 0.5) is 0 Å². The molecule has 3 nitrogen and oxygen atoms in total. The molecule has 0 amide bonds. The lowest BCUT2D eigenvalue weighted by Crippen LogP contribution is -2.32. The molecule has 2 atom stereocenters. The SMILES string of the molecule is CCC(N)C(c1cccc(Cl)c1)n1cc(Cl)c(C)n1. The molecular formula is C14H17Cl2N3. The van der Waals surface area contributed by atoms with Gasteiger partial charge in [-0.2, -0.15) is 5.10 Å². The molecule has 2 rings (SSSR count). The first-order chi connectivity index (χ1) is 9.02. The van der Waals surface area contributed by atoms with E-state index in [0.717, 1.165) is 17.7 Å². The largest absolute Gasteiger partial charge is 0.326 e. The number of nitrogens with two attached hydrogens (primary N) is 1. The maximum atomic E-state index is 6.24. The summed E-state index contributed by atoms with van der Waals surface area (Å²) in [6.45, 7) is 3.94. The predicted molar refractivity (Wildman–Crippen MR) is 79.8 cm³/mol. The van der Waals surface area contributed by atoms with Gasteiger partial charge in [-0.3, -0.25) is 4.68 Å². The minimum atomic E-state index is -0.0603. The average Bonchev–Trinajstić information content (AvgIpc) is 2.69. The molecule has 102 valence electrons. The molecule has 0 saturated carbocycles. The monoisotopic (exact) mass is 297 g/mol. The van der Waals surface area contributed by atoms with Crippen LogP contribution in [-0.4, -0.2) is 15.8 Å². The molecular weight excluding hydrogens is 281 g/mol. The van der Waals surface area contributed by atoms with Crippen molar-refractivity contribution in [1.29, 1.82) is 0 Å². The molecule has 0 fully saturated rings. The Balaban J connectivity index is 2.47. The number of hydrogen-bond donors (Lipinski definition) is 1. The van der Waals surface area contributed by atoms with E-state index in [1.54, 1.807) is 0 Å². The van der Waals surface area contributed by atoms with Gasteiger partial charge in [0.25, 0.3) is 0 Å². The number of hydrogen-bond acceptors (Lipinski definition) is 2. The molecule has 0 aliphatic carbocycles. The zero-order valence-electron chi connectivity index (χ0n) is 11.0. The Kier molecular flexibility index (Phi) is 4.50. The van der Waals surface area contributed by atoms with Gasteiger partial charge < -0.3 is 5.73 Å². The highest BCUT2D eigenvalue weighted by atomic mass is 35.5. The molecule has 0 spiro atoms. The second-order valence-electron chi connectivity index (χ2n) is 4.61. The van der Waals surface area contributed by atoms with Crippen molar-refractivity contribution in [2.24, 2.45) is 5.73 Å². The Morgan fingerprint density at radius 1 is 1.37 bits per heavy atom. The smallest absolute Gasteiger partial charge is 0.0920 e. The summed E-state index contributed by atoms with van der Waals surface area (Å²) in [7, 11) is 0. The summed E-state index contributed by atoms with van der Waals surface area (Å²) in [5, 5.41) is 5.79. The molecule has 0 aliphatic heterocycles. The van der Waals surface area contributed by atoms with Gasteiger partial charge in [0, 0.05) is 17.3 Å². The molecule has 2 unspecified atom stereocenters. The fraction of sp³-hybridized carbons (Fsp3) is 0.357. The number of aryl methyl sites for hydroxylation is 1. The molecule has 1 heterocycles. The van der Waals surface area contributed by atoms with Crippen molar-refractivity contribution in [2.75, 3.05) is 0 Å². The summed E-state index contributed by atoms with van der Waals surface area (Å²) in [4.78, 5) is 0. The van der Waals surface area contributed by atoms with Gasteiger partial charge in [0.1, 0.15) is 0 Å². The van der Waals surface area contributed by atoms with Gasteiger partial charge in [0.05, 0.1) is 16.8 Å². The molecule has 0 bridgehead atoms. The third-order valence-corrected chi connectivity index (χ3v) is 3.82. The Hall–Kier alpha value is -1.03. The van der Waals surface area contributed by atoms with E-state index >= 15 is 0 Å². The highest BCUT2D eigenvalue weighted by molar-refractivity contribution is 6.31. The second-order valence-corrected chi connectivity index (χ2v) is 5.46. The van der Waals surface area contributed by atoms with E-state index in [2.05, 4.69) is 12.0 Å². The average molecular weight is 298 g/mol. The number of nitrogens with zero attached hydrogens (tertiary/aromatic N) is 2. The number of halogens is 2. The lowest BCUT2D eigenvalue weighted by molar-refractivity contribution is 0.422. The van der Waals surface area contributed by atoms with Gasteiger partial charge in [-0.15, -0.1) is 0 Å². The summed E-state index contributed by atoms with van der Waals surface area (Å²) in [5.74, 6) is 0. The molecule has 0 radical (unpaired) electrons. The van der Waals surface area contributed by atoms with E-state index in [-0.39, 0.29) is 12.1 Å². The topological polar surface area (TPSA) is 43.8 Å². The molecule has 0 aliphatic rings. The highest BCUT2D eigenvalue weighted by Gasteiger charge is 2.22. The Morgan fingerprint density at radius 2 is 2.11 bits per heavy atom. The van der Waals surface area contributed by atoms with Gasteiger partial charge in [0.15, 0.2) is 0 Å². The third-order valence-electron chi connectivity index (χ3n) is 3.21. The molecule has 1 aromatic carbocycles. The van der Waals surface area contributed by atoms with E-state index in [4.69, 9.17) is 28.9 Å². The van der Waals surface area contributed by atoms with Gasteiger partial charge in [-0.1, -0.05) is 42.3 Å². The van der Waals surface area contributed by atoms with Crippen molar-refractivity contribution in [2.45, 2.75) is 32.4 Å². The van der Waals surface area contributed by atoms with Crippen molar-refractivity contribution >= 4 is 23.2 Å². The van der Waals surface area contributed by atoms with Crippen LogP contribution in [0.5, 0.6) is 0 Å². The van der Waals surface area contributed by atoms with Crippen LogP contribution in [0.3, 0.4) is 0 Å². The molecule has 2 aromatic rings. The first-order valence-electron chi connectivity index (χ1n) is 6.25. The van der Waals surface area contributed by atoms with E-state index in [0.29, 0.717) is 10.0 Å². The van der Waals surface area contributed by atoms with Crippen LogP contribution in [0.2, 0.25) is 10.0 Å². The van der Waals surface area contributed by atoms with Crippen LogP contribution < -0.4 is 5.73 Å². The van der Waals surface area contributed by atoms with Crippen molar-refractivity contribution in [3.8, 4) is 0 Å². The molecule has 19 heavy (non-hydrogen) atoms. The fourth-order valence-electron chi connectivity index (χ4n) is 2.11. The molecule has 0 saturated heterocycles. The summed E-state index contributed by atoms with van der Waals surface area (Å²) >= 11 is 12.2. The van der Waals surface area contributed by atoms with E-state index in [1.807, 2.05) is 42.1 Å². The minimum Gasteiger partial charge on any atom is -0.326 e. The maximum Gasteiger partial charge on any atom is 0.0920 e. The summed E-state index contributed by atoms with van der Waals surface area (Å²) in [6.07, 6.45) is 2.66. The maximum absolute atomic E-state index is 6.24. The first-order valence-corrected chi connectivity index (χ1v) is 7.00. The summed E-state index contributed by atoms with van der Waals surface area (Å²) in [5.41, 5.74) is 8.09. The van der Waals surface area contributed by atoms with Crippen LogP contribution in [0.15, 0.2) is 30.5 Å². The third kappa shape index (κ3) is 3.11. The summed E-state index contributed by atoms with van der Waals surface area (Å²) < 4.78 is 1.83. The van der Waals surface area contributed by atoms with Gasteiger partial charge in [0.2, 0.25) is 0 Å². The van der Waals surface area contributed by atoms with Gasteiger partial charge >= 0.3 is 0 Å². The predicted octanol–water partition coefficient (Wildman–Crippen LogP) is 3.83. The zero-order chi connectivity index (χ0) is 14.0. The van der Waals surface area contributed by atoms with Gasteiger partial charge in [-0.25, -0.2) is 0 Å². The molecule has 2 N–H and O–H groups in total. The Morgan fingerprint density at radius 3 is 2.63 bits per heavy atom. The first kappa shape index (κ1) is 14.4.